The Hall–Kier alpha value is -2.69. The molecule has 0 spiro atoms. The van der Waals surface area contributed by atoms with Gasteiger partial charge in [0, 0.05) is 10.9 Å². The highest BCUT2D eigenvalue weighted by atomic mass is 16.4. The molecule has 2 heterocycles. The summed E-state index contributed by atoms with van der Waals surface area (Å²) in [6.45, 7) is 1.70. The highest BCUT2D eigenvalue weighted by molar-refractivity contribution is 5.93. The standard InChI is InChI=1S/C14H10N2O3/c1-8-6-11(15-16-13(8)14(17)18)10-7-19-12-5-3-2-4-9(10)12/h2-7H,1H3,(H,17,18). The maximum absolute atomic E-state index is 10.9. The van der Waals surface area contributed by atoms with Crippen LogP contribution in [0.25, 0.3) is 22.2 Å². The van der Waals surface area contributed by atoms with Crippen molar-refractivity contribution in [2.75, 3.05) is 0 Å². The molecule has 1 aromatic carbocycles. The van der Waals surface area contributed by atoms with Crippen molar-refractivity contribution in [2.45, 2.75) is 6.92 Å². The SMILES string of the molecule is Cc1cc(-c2coc3ccccc23)nnc1C(=O)O. The molecule has 5 heteroatoms. The van der Waals surface area contributed by atoms with Crippen molar-refractivity contribution in [1.29, 1.82) is 0 Å². The first-order valence-electron chi connectivity index (χ1n) is 5.71. The van der Waals surface area contributed by atoms with E-state index < -0.39 is 5.97 Å². The quantitative estimate of drug-likeness (QED) is 0.760. The summed E-state index contributed by atoms with van der Waals surface area (Å²) < 4.78 is 5.44. The van der Waals surface area contributed by atoms with Crippen molar-refractivity contribution >= 4 is 16.9 Å². The van der Waals surface area contributed by atoms with Gasteiger partial charge < -0.3 is 9.52 Å². The van der Waals surface area contributed by atoms with Crippen molar-refractivity contribution in [3.05, 3.63) is 47.9 Å². The molecule has 0 unspecified atom stereocenters. The Morgan fingerprint density at radius 2 is 2.05 bits per heavy atom. The van der Waals surface area contributed by atoms with Gasteiger partial charge in [-0.15, -0.1) is 10.2 Å². The zero-order valence-electron chi connectivity index (χ0n) is 10.1. The summed E-state index contributed by atoms with van der Waals surface area (Å²) in [6, 6.07) is 9.29. The number of furan rings is 1. The van der Waals surface area contributed by atoms with Crippen molar-refractivity contribution in [3.8, 4) is 11.3 Å². The minimum Gasteiger partial charge on any atom is -0.476 e. The van der Waals surface area contributed by atoms with Crippen molar-refractivity contribution < 1.29 is 14.3 Å². The highest BCUT2D eigenvalue weighted by Crippen LogP contribution is 2.29. The monoisotopic (exact) mass is 254 g/mol. The predicted octanol–water partition coefficient (Wildman–Crippen LogP) is 2.90. The Morgan fingerprint density at radius 1 is 1.26 bits per heavy atom. The van der Waals surface area contributed by atoms with Crippen LogP contribution in [0.4, 0.5) is 0 Å². The first-order chi connectivity index (χ1) is 9.16. The van der Waals surface area contributed by atoms with Crippen LogP contribution in [0.1, 0.15) is 16.1 Å². The zero-order valence-corrected chi connectivity index (χ0v) is 10.1. The first-order valence-corrected chi connectivity index (χ1v) is 5.71. The largest absolute Gasteiger partial charge is 0.476 e. The minimum atomic E-state index is -1.08. The molecule has 19 heavy (non-hydrogen) atoms. The van der Waals surface area contributed by atoms with Gasteiger partial charge in [0.1, 0.15) is 11.8 Å². The number of carbonyl (C=O) groups is 1. The van der Waals surface area contributed by atoms with Gasteiger partial charge in [0.2, 0.25) is 0 Å². The topological polar surface area (TPSA) is 76.2 Å². The van der Waals surface area contributed by atoms with Crippen LogP contribution in [0.5, 0.6) is 0 Å². The van der Waals surface area contributed by atoms with Crippen molar-refractivity contribution in [2.24, 2.45) is 0 Å². The summed E-state index contributed by atoms with van der Waals surface area (Å²) in [4.78, 5) is 10.9. The number of carboxylic acids is 1. The van der Waals surface area contributed by atoms with E-state index in [9.17, 15) is 4.79 Å². The van der Waals surface area contributed by atoms with E-state index in [4.69, 9.17) is 9.52 Å². The third-order valence-corrected chi connectivity index (χ3v) is 2.94. The Balaban J connectivity index is 2.17. The average Bonchev–Trinajstić information content (AvgIpc) is 2.82. The minimum absolute atomic E-state index is 0.0310. The number of hydrogen-bond acceptors (Lipinski definition) is 4. The van der Waals surface area contributed by atoms with Crippen molar-refractivity contribution in [3.63, 3.8) is 0 Å². The molecule has 1 N–H and O–H groups in total. The van der Waals surface area contributed by atoms with E-state index in [-0.39, 0.29) is 5.69 Å². The molecule has 0 radical (unpaired) electrons. The second kappa shape index (κ2) is 4.20. The third kappa shape index (κ3) is 1.85. The molecule has 0 saturated heterocycles. The first kappa shape index (κ1) is 11.4. The summed E-state index contributed by atoms with van der Waals surface area (Å²) >= 11 is 0. The van der Waals surface area contributed by atoms with Crippen LogP contribution in [0.2, 0.25) is 0 Å². The smallest absolute Gasteiger partial charge is 0.356 e. The van der Waals surface area contributed by atoms with Crippen LogP contribution in [0.15, 0.2) is 41.0 Å². The number of carboxylic acid groups (broad SMARTS) is 1. The summed E-state index contributed by atoms with van der Waals surface area (Å²) in [7, 11) is 0. The maximum Gasteiger partial charge on any atom is 0.356 e. The lowest BCUT2D eigenvalue weighted by Gasteiger charge is -2.01. The van der Waals surface area contributed by atoms with Gasteiger partial charge in [0.15, 0.2) is 5.69 Å². The number of aromatic carboxylic acids is 1. The van der Waals surface area contributed by atoms with E-state index in [1.54, 1.807) is 19.3 Å². The maximum atomic E-state index is 10.9. The van der Waals surface area contributed by atoms with Gasteiger partial charge in [-0.3, -0.25) is 0 Å². The molecule has 5 nitrogen and oxygen atoms in total. The van der Waals surface area contributed by atoms with E-state index in [0.717, 1.165) is 16.5 Å². The Kier molecular flexibility index (Phi) is 2.52. The molecule has 0 saturated carbocycles. The van der Waals surface area contributed by atoms with Gasteiger partial charge in [-0.2, -0.15) is 0 Å². The molecule has 0 aliphatic carbocycles. The Labute approximate surface area is 108 Å². The summed E-state index contributed by atoms with van der Waals surface area (Å²) in [6.07, 6.45) is 1.61. The highest BCUT2D eigenvalue weighted by Gasteiger charge is 2.14. The normalized spacial score (nSPS) is 10.8. The molecule has 3 rings (SSSR count). The number of fused-ring (bicyclic) bond motifs is 1. The van der Waals surface area contributed by atoms with Gasteiger partial charge in [0.05, 0.1) is 5.69 Å². The molecular formula is C14H10N2O3. The van der Waals surface area contributed by atoms with Crippen LogP contribution in [-0.2, 0) is 0 Å². The third-order valence-electron chi connectivity index (χ3n) is 2.94. The number of benzene rings is 1. The van der Waals surface area contributed by atoms with Gasteiger partial charge in [-0.05, 0) is 24.6 Å². The molecule has 0 amide bonds. The number of nitrogens with zero attached hydrogens (tertiary/aromatic N) is 2. The molecule has 94 valence electrons. The number of hydrogen-bond donors (Lipinski definition) is 1. The summed E-state index contributed by atoms with van der Waals surface area (Å²) in [5.74, 6) is -1.08. The molecule has 0 aliphatic rings. The molecule has 3 aromatic rings. The second-order valence-corrected chi connectivity index (χ2v) is 4.21. The van der Waals surface area contributed by atoms with Crippen molar-refractivity contribution in [1.82, 2.24) is 10.2 Å². The fourth-order valence-electron chi connectivity index (χ4n) is 2.00. The van der Waals surface area contributed by atoms with Crippen LogP contribution in [0, 0.1) is 6.92 Å². The Bertz CT molecular complexity index is 777. The van der Waals surface area contributed by atoms with Gasteiger partial charge in [-0.25, -0.2) is 4.79 Å². The molecule has 0 aliphatic heterocycles. The summed E-state index contributed by atoms with van der Waals surface area (Å²) in [5, 5.41) is 17.6. The Morgan fingerprint density at radius 3 is 2.79 bits per heavy atom. The van der Waals surface area contributed by atoms with E-state index in [0.29, 0.717) is 11.3 Å². The van der Waals surface area contributed by atoms with Crippen LogP contribution in [0.3, 0.4) is 0 Å². The molecule has 0 atom stereocenters. The molecule has 2 aromatic heterocycles. The van der Waals surface area contributed by atoms with Gasteiger partial charge >= 0.3 is 5.97 Å². The lowest BCUT2D eigenvalue weighted by Crippen LogP contribution is -2.05. The number of aryl methyl sites for hydroxylation is 1. The van der Waals surface area contributed by atoms with E-state index in [2.05, 4.69) is 10.2 Å². The van der Waals surface area contributed by atoms with Crippen LogP contribution < -0.4 is 0 Å². The van der Waals surface area contributed by atoms with Crippen LogP contribution in [-0.4, -0.2) is 21.3 Å². The fraction of sp³-hybridized carbons (Fsp3) is 0.0714. The van der Waals surface area contributed by atoms with Gasteiger partial charge in [-0.1, -0.05) is 18.2 Å². The number of para-hydroxylation sites is 1. The number of rotatable bonds is 2. The molecular weight excluding hydrogens is 244 g/mol. The zero-order chi connectivity index (χ0) is 13.4. The second-order valence-electron chi connectivity index (χ2n) is 4.21. The van der Waals surface area contributed by atoms with E-state index in [1.807, 2.05) is 24.3 Å². The summed E-state index contributed by atoms with van der Waals surface area (Å²) in [5.41, 5.74) is 2.72. The average molecular weight is 254 g/mol. The van der Waals surface area contributed by atoms with E-state index >= 15 is 0 Å². The van der Waals surface area contributed by atoms with Gasteiger partial charge in [0.25, 0.3) is 0 Å². The molecule has 0 fully saturated rings. The lowest BCUT2D eigenvalue weighted by atomic mass is 10.1. The predicted molar refractivity (Wildman–Crippen MR) is 68.9 cm³/mol. The van der Waals surface area contributed by atoms with E-state index in [1.165, 1.54) is 0 Å². The molecule has 0 bridgehead atoms. The number of aromatic nitrogens is 2. The fourth-order valence-corrected chi connectivity index (χ4v) is 2.00. The lowest BCUT2D eigenvalue weighted by molar-refractivity contribution is 0.0688. The van der Waals surface area contributed by atoms with Crippen LogP contribution >= 0.6 is 0 Å².